The van der Waals surface area contributed by atoms with Gasteiger partial charge in [0.25, 0.3) is 10.0 Å². The number of hydrogen-bond acceptors (Lipinski definition) is 3. The van der Waals surface area contributed by atoms with Gasteiger partial charge in [0.05, 0.1) is 10.6 Å². The van der Waals surface area contributed by atoms with Crippen LogP contribution in [0, 0.1) is 0 Å². The summed E-state index contributed by atoms with van der Waals surface area (Å²) < 4.78 is 27.0. The predicted molar refractivity (Wildman–Crippen MR) is 88.6 cm³/mol. The fourth-order valence-electron chi connectivity index (χ4n) is 2.26. The Labute approximate surface area is 136 Å². The second-order valence-corrected chi connectivity index (χ2v) is 7.36. The van der Waals surface area contributed by atoms with E-state index in [1.54, 1.807) is 48.5 Å². The first-order valence-electron chi connectivity index (χ1n) is 7.49. The second-order valence-electron chi connectivity index (χ2n) is 5.50. The average molecular weight is 330 g/mol. The maximum Gasteiger partial charge on any atom is 0.264 e. The Kier molecular flexibility index (Phi) is 4.34. The zero-order valence-electron chi connectivity index (χ0n) is 12.6. The van der Waals surface area contributed by atoms with Crippen LogP contribution >= 0.6 is 0 Å². The molecule has 1 aliphatic rings. The smallest absolute Gasteiger partial charge is 0.264 e. The van der Waals surface area contributed by atoms with E-state index >= 15 is 0 Å². The summed E-state index contributed by atoms with van der Waals surface area (Å²) in [5.41, 5.74) is 0.474. The van der Waals surface area contributed by atoms with E-state index < -0.39 is 10.0 Å². The zero-order chi connectivity index (χ0) is 16.3. The molecule has 1 saturated carbocycles. The molecule has 0 saturated heterocycles. The van der Waals surface area contributed by atoms with Crippen molar-refractivity contribution in [3.05, 3.63) is 60.7 Å². The van der Waals surface area contributed by atoms with Crippen molar-refractivity contribution in [1.29, 1.82) is 0 Å². The molecule has 1 amide bonds. The first-order chi connectivity index (χ1) is 11.1. The maximum atomic E-state index is 12.9. The SMILES string of the molecule is O=C(CN(c1ccccc1)S(=O)(=O)c1ccccc1)NC1CC1. The summed E-state index contributed by atoms with van der Waals surface area (Å²) in [6.45, 7) is -0.224. The highest BCUT2D eigenvalue weighted by atomic mass is 32.2. The minimum Gasteiger partial charge on any atom is -0.352 e. The standard InChI is InChI=1S/C17H18N2O3S/c20-17(18-14-11-12-14)13-19(15-7-3-1-4-8-15)23(21,22)16-9-5-2-6-10-16/h1-10,14H,11-13H2,(H,18,20). The van der Waals surface area contributed by atoms with Crippen molar-refractivity contribution in [3.63, 3.8) is 0 Å². The summed E-state index contributed by atoms with van der Waals surface area (Å²) in [5, 5.41) is 2.83. The third-order valence-corrected chi connectivity index (χ3v) is 5.39. The molecule has 1 N–H and O–H groups in total. The molecule has 0 atom stereocenters. The van der Waals surface area contributed by atoms with Gasteiger partial charge in [-0.2, -0.15) is 0 Å². The van der Waals surface area contributed by atoms with Crippen LogP contribution in [0.2, 0.25) is 0 Å². The zero-order valence-corrected chi connectivity index (χ0v) is 13.4. The third-order valence-electron chi connectivity index (χ3n) is 3.61. The number of rotatable bonds is 6. The minimum absolute atomic E-state index is 0.170. The molecule has 23 heavy (non-hydrogen) atoms. The lowest BCUT2D eigenvalue weighted by Crippen LogP contribution is -2.41. The number of hydrogen-bond donors (Lipinski definition) is 1. The molecular formula is C17H18N2O3S. The van der Waals surface area contributed by atoms with Crippen LogP contribution < -0.4 is 9.62 Å². The number of nitrogens with one attached hydrogen (secondary N) is 1. The van der Waals surface area contributed by atoms with Crippen molar-refractivity contribution < 1.29 is 13.2 Å². The molecular weight excluding hydrogens is 312 g/mol. The van der Waals surface area contributed by atoms with E-state index in [-0.39, 0.29) is 23.4 Å². The predicted octanol–water partition coefficient (Wildman–Crippen LogP) is 2.16. The molecule has 2 aromatic carbocycles. The van der Waals surface area contributed by atoms with Crippen molar-refractivity contribution >= 4 is 21.6 Å². The van der Waals surface area contributed by atoms with Crippen molar-refractivity contribution in [2.24, 2.45) is 0 Å². The largest absolute Gasteiger partial charge is 0.352 e. The molecule has 1 fully saturated rings. The van der Waals surface area contributed by atoms with Gasteiger partial charge in [-0.15, -0.1) is 0 Å². The van der Waals surface area contributed by atoms with Crippen LogP contribution in [0.1, 0.15) is 12.8 Å². The van der Waals surface area contributed by atoms with Gasteiger partial charge in [0.2, 0.25) is 5.91 Å². The van der Waals surface area contributed by atoms with E-state index in [1.807, 2.05) is 0 Å². The second kappa shape index (κ2) is 6.42. The first-order valence-corrected chi connectivity index (χ1v) is 8.93. The minimum atomic E-state index is -3.79. The summed E-state index contributed by atoms with van der Waals surface area (Å²) in [4.78, 5) is 12.3. The summed E-state index contributed by atoms with van der Waals surface area (Å²) in [6, 6.07) is 17.0. The molecule has 0 heterocycles. The van der Waals surface area contributed by atoms with Gasteiger partial charge in [-0.05, 0) is 37.1 Å². The molecule has 0 spiro atoms. The van der Waals surface area contributed by atoms with E-state index in [1.165, 1.54) is 12.1 Å². The van der Waals surface area contributed by atoms with Crippen molar-refractivity contribution in [2.45, 2.75) is 23.8 Å². The van der Waals surface area contributed by atoms with Crippen LogP contribution in [0.3, 0.4) is 0 Å². The number of benzene rings is 2. The number of nitrogens with zero attached hydrogens (tertiary/aromatic N) is 1. The van der Waals surface area contributed by atoms with Crippen LogP contribution in [-0.2, 0) is 14.8 Å². The molecule has 0 radical (unpaired) electrons. The molecule has 2 aromatic rings. The van der Waals surface area contributed by atoms with E-state index in [9.17, 15) is 13.2 Å². The van der Waals surface area contributed by atoms with Gasteiger partial charge < -0.3 is 5.32 Å². The molecule has 0 aromatic heterocycles. The number of anilines is 1. The Morgan fingerprint density at radius 3 is 2.13 bits per heavy atom. The van der Waals surface area contributed by atoms with Gasteiger partial charge in [-0.3, -0.25) is 9.10 Å². The van der Waals surface area contributed by atoms with Gasteiger partial charge >= 0.3 is 0 Å². The molecule has 6 heteroatoms. The van der Waals surface area contributed by atoms with E-state index in [2.05, 4.69) is 5.32 Å². The monoisotopic (exact) mass is 330 g/mol. The van der Waals surface area contributed by atoms with Gasteiger partial charge in [0, 0.05) is 6.04 Å². The summed E-state index contributed by atoms with van der Waals surface area (Å²) in [7, 11) is -3.79. The first kappa shape index (κ1) is 15.6. The highest BCUT2D eigenvalue weighted by Crippen LogP contribution is 2.24. The molecule has 0 unspecified atom stereocenters. The van der Waals surface area contributed by atoms with E-state index in [0.29, 0.717) is 5.69 Å². The summed E-state index contributed by atoms with van der Waals surface area (Å²) in [5.74, 6) is -0.282. The van der Waals surface area contributed by atoms with Gasteiger partial charge in [0.1, 0.15) is 6.54 Å². The lowest BCUT2D eigenvalue weighted by molar-refractivity contribution is -0.119. The van der Waals surface area contributed by atoms with Gasteiger partial charge in [-0.25, -0.2) is 8.42 Å². The highest BCUT2D eigenvalue weighted by Gasteiger charge is 2.29. The summed E-state index contributed by atoms with van der Waals surface area (Å²) >= 11 is 0. The number of sulfonamides is 1. The maximum absolute atomic E-state index is 12.9. The number of amides is 1. The molecule has 0 bridgehead atoms. The fourth-order valence-corrected chi connectivity index (χ4v) is 3.70. The number of carbonyl (C=O) groups is 1. The van der Waals surface area contributed by atoms with Crippen LogP contribution in [0.25, 0.3) is 0 Å². The molecule has 0 aliphatic heterocycles. The quantitative estimate of drug-likeness (QED) is 0.882. The summed E-state index contributed by atoms with van der Waals surface area (Å²) in [6.07, 6.45) is 1.92. The normalized spacial score (nSPS) is 14.3. The Balaban J connectivity index is 1.92. The van der Waals surface area contributed by atoms with E-state index in [0.717, 1.165) is 17.1 Å². The van der Waals surface area contributed by atoms with Crippen molar-refractivity contribution in [3.8, 4) is 0 Å². The van der Waals surface area contributed by atoms with Crippen LogP contribution in [0.5, 0.6) is 0 Å². The average Bonchev–Trinajstić information content (AvgIpc) is 3.38. The highest BCUT2D eigenvalue weighted by molar-refractivity contribution is 7.92. The lowest BCUT2D eigenvalue weighted by atomic mass is 10.3. The van der Waals surface area contributed by atoms with Crippen molar-refractivity contribution in [1.82, 2.24) is 5.32 Å². The fraction of sp³-hybridized carbons (Fsp3) is 0.235. The lowest BCUT2D eigenvalue weighted by Gasteiger charge is -2.24. The topological polar surface area (TPSA) is 66.5 Å². The Morgan fingerprint density at radius 1 is 1.00 bits per heavy atom. The van der Waals surface area contributed by atoms with Crippen molar-refractivity contribution in [2.75, 3.05) is 10.8 Å². The molecule has 5 nitrogen and oxygen atoms in total. The van der Waals surface area contributed by atoms with E-state index in [4.69, 9.17) is 0 Å². The number of carbonyl (C=O) groups excluding carboxylic acids is 1. The molecule has 1 aliphatic carbocycles. The Hall–Kier alpha value is -2.34. The Morgan fingerprint density at radius 2 is 1.57 bits per heavy atom. The Bertz CT molecular complexity index is 772. The molecule has 120 valence electrons. The molecule has 3 rings (SSSR count). The van der Waals surface area contributed by atoms with Crippen LogP contribution in [-0.4, -0.2) is 26.9 Å². The van der Waals surface area contributed by atoms with Crippen LogP contribution in [0.15, 0.2) is 65.6 Å². The van der Waals surface area contributed by atoms with Crippen LogP contribution in [0.4, 0.5) is 5.69 Å². The third kappa shape index (κ3) is 3.71. The number of para-hydroxylation sites is 1. The van der Waals surface area contributed by atoms with Gasteiger partial charge in [-0.1, -0.05) is 36.4 Å². The van der Waals surface area contributed by atoms with Gasteiger partial charge in [0.15, 0.2) is 0 Å².